The zero-order valence-electron chi connectivity index (χ0n) is 10.0. The molecule has 1 heterocycles. The SMILES string of the molecule is Cc1cc(Br)c(N)cc1S(=O)(=O)N1CCCCO1. The highest BCUT2D eigenvalue weighted by atomic mass is 79.9. The fraction of sp³-hybridized carbons (Fsp3) is 0.455. The van der Waals surface area contributed by atoms with Crippen LogP contribution in [0.4, 0.5) is 5.69 Å². The van der Waals surface area contributed by atoms with Crippen molar-refractivity contribution in [1.29, 1.82) is 0 Å². The number of hydrogen-bond acceptors (Lipinski definition) is 4. The number of benzene rings is 1. The molecule has 0 radical (unpaired) electrons. The highest BCUT2D eigenvalue weighted by Gasteiger charge is 2.29. The molecule has 2 rings (SSSR count). The number of nitrogens with two attached hydrogens (primary N) is 1. The van der Waals surface area contributed by atoms with Gasteiger partial charge in [-0.3, -0.25) is 4.84 Å². The van der Waals surface area contributed by atoms with E-state index in [0.717, 1.165) is 17.3 Å². The number of aryl methyl sites for hydroxylation is 1. The maximum absolute atomic E-state index is 12.4. The van der Waals surface area contributed by atoms with E-state index in [1.54, 1.807) is 13.0 Å². The van der Waals surface area contributed by atoms with Gasteiger partial charge in [-0.1, -0.05) is 4.47 Å². The van der Waals surface area contributed by atoms with Gasteiger partial charge < -0.3 is 5.73 Å². The van der Waals surface area contributed by atoms with Crippen molar-refractivity contribution >= 4 is 31.6 Å². The average Bonchev–Trinajstić information content (AvgIpc) is 2.34. The van der Waals surface area contributed by atoms with Crippen molar-refractivity contribution in [3.63, 3.8) is 0 Å². The molecule has 0 amide bonds. The van der Waals surface area contributed by atoms with Gasteiger partial charge >= 0.3 is 0 Å². The fourth-order valence-corrected chi connectivity index (χ4v) is 3.82. The van der Waals surface area contributed by atoms with E-state index in [9.17, 15) is 8.42 Å². The Kier molecular flexibility index (Phi) is 3.96. The van der Waals surface area contributed by atoms with Gasteiger partial charge in [0.15, 0.2) is 0 Å². The summed E-state index contributed by atoms with van der Waals surface area (Å²) in [6.07, 6.45) is 1.69. The van der Waals surface area contributed by atoms with Crippen molar-refractivity contribution in [2.75, 3.05) is 18.9 Å². The second kappa shape index (κ2) is 5.16. The minimum atomic E-state index is -3.62. The molecule has 1 saturated heterocycles. The Hall–Kier alpha value is -0.630. The van der Waals surface area contributed by atoms with Gasteiger partial charge in [-0.2, -0.15) is 0 Å². The van der Waals surface area contributed by atoms with Crippen LogP contribution in [-0.4, -0.2) is 26.0 Å². The summed E-state index contributed by atoms with van der Waals surface area (Å²) in [6.45, 7) is 2.56. The van der Waals surface area contributed by atoms with Crippen LogP contribution < -0.4 is 5.73 Å². The Morgan fingerprint density at radius 2 is 2.11 bits per heavy atom. The topological polar surface area (TPSA) is 72.6 Å². The van der Waals surface area contributed by atoms with E-state index in [1.165, 1.54) is 6.07 Å². The lowest BCUT2D eigenvalue weighted by Crippen LogP contribution is -2.36. The first-order valence-electron chi connectivity index (χ1n) is 5.64. The highest BCUT2D eigenvalue weighted by molar-refractivity contribution is 9.10. The Labute approximate surface area is 115 Å². The molecule has 0 unspecified atom stereocenters. The molecular weight excluding hydrogens is 320 g/mol. The van der Waals surface area contributed by atoms with E-state index in [4.69, 9.17) is 10.6 Å². The first kappa shape index (κ1) is 13.8. The number of anilines is 1. The van der Waals surface area contributed by atoms with Gasteiger partial charge in [0.2, 0.25) is 0 Å². The van der Waals surface area contributed by atoms with Crippen LogP contribution in [0.15, 0.2) is 21.5 Å². The van der Waals surface area contributed by atoms with Crippen LogP contribution in [0, 0.1) is 6.92 Å². The third-order valence-electron chi connectivity index (χ3n) is 2.81. The van der Waals surface area contributed by atoms with E-state index in [-0.39, 0.29) is 4.90 Å². The van der Waals surface area contributed by atoms with Crippen LogP contribution >= 0.6 is 15.9 Å². The lowest BCUT2D eigenvalue weighted by atomic mass is 10.2. The standard InChI is InChI=1S/C11H15BrN2O3S/c1-8-6-9(12)10(13)7-11(8)18(15,16)14-4-2-3-5-17-14/h6-7H,2-5,13H2,1H3. The zero-order valence-corrected chi connectivity index (χ0v) is 12.4. The van der Waals surface area contributed by atoms with Crippen molar-refractivity contribution in [2.45, 2.75) is 24.7 Å². The van der Waals surface area contributed by atoms with Crippen molar-refractivity contribution in [2.24, 2.45) is 0 Å². The maximum Gasteiger partial charge on any atom is 0.265 e. The number of sulfonamides is 1. The van der Waals surface area contributed by atoms with Gasteiger partial charge in [0.1, 0.15) is 0 Å². The molecule has 0 bridgehead atoms. The number of hydroxylamine groups is 1. The van der Waals surface area contributed by atoms with Crippen molar-refractivity contribution in [1.82, 2.24) is 4.47 Å². The predicted molar refractivity (Wildman–Crippen MR) is 72.4 cm³/mol. The molecule has 0 aliphatic carbocycles. The highest BCUT2D eigenvalue weighted by Crippen LogP contribution is 2.29. The van der Waals surface area contributed by atoms with Crippen LogP contribution in [0.2, 0.25) is 0 Å². The van der Waals surface area contributed by atoms with E-state index >= 15 is 0 Å². The predicted octanol–water partition coefficient (Wildman–Crippen LogP) is 2.06. The van der Waals surface area contributed by atoms with Gasteiger partial charge in [0.05, 0.1) is 11.5 Å². The summed E-state index contributed by atoms with van der Waals surface area (Å²) < 4.78 is 26.6. The fourth-order valence-electron chi connectivity index (χ4n) is 1.82. The van der Waals surface area contributed by atoms with Crippen LogP contribution in [0.25, 0.3) is 0 Å². The molecule has 7 heteroatoms. The molecule has 1 aliphatic rings. The summed E-state index contributed by atoms with van der Waals surface area (Å²) in [7, 11) is -3.62. The third kappa shape index (κ3) is 2.54. The molecule has 0 atom stereocenters. The molecule has 1 fully saturated rings. The normalized spacial score (nSPS) is 17.9. The number of hydrogen-bond donors (Lipinski definition) is 1. The maximum atomic E-state index is 12.4. The van der Waals surface area contributed by atoms with Crippen LogP contribution in [0.5, 0.6) is 0 Å². The van der Waals surface area contributed by atoms with Crippen molar-refractivity contribution in [3.05, 3.63) is 22.2 Å². The second-order valence-corrected chi connectivity index (χ2v) is 6.86. The average molecular weight is 335 g/mol. The third-order valence-corrected chi connectivity index (χ3v) is 5.32. The molecule has 1 aromatic carbocycles. The summed E-state index contributed by atoms with van der Waals surface area (Å²) in [6, 6.07) is 3.17. The first-order chi connectivity index (χ1) is 8.43. The van der Waals surface area contributed by atoms with Gasteiger partial charge in [0, 0.05) is 16.7 Å². The van der Waals surface area contributed by atoms with Crippen LogP contribution in [0.3, 0.4) is 0 Å². The first-order valence-corrected chi connectivity index (χ1v) is 7.87. The molecule has 1 aliphatic heterocycles. The number of rotatable bonds is 2. The summed E-state index contributed by atoms with van der Waals surface area (Å²) in [5, 5.41) is 0. The summed E-state index contributed by atoms with van der Waals surface area (Å²) in [5.41, 5.74) is 6.79. The molecular formula is C11H15BrN2O3S. The van der Waals surface area contributed by atoms with E-state index in [0.29, 0.717) is 28.9 Å². The minimum Gasteiger partial charge on any atom is -0.398 e. The quantitative estimate of drug-likeness (QED) is 0.840. The molecule has 0 saturated carbocycles. The Bertz CT molecular complexity index is 554. The number of nitrogen functional groups attached to an aromatic ring is 1. The lowest BCUT2D eigenvalue weighted by Gasteiger charge is -2.26. The minimum absolute atomic E-state index is 0.199. The Morgan fingerprint density at radius 3 is 2.72 bits per heavy atom. The zero-order chi connectivity index (χ0) is 13.3. The molecule has 0 aromatic heterocycles. The molecule has 18 heavy (non-hydrogen) atoms. The van der Waals surface area contributed by atoms with E-state index in [1.807, 2.05) is 0 Å². The number of halogens is 1. The molecule has 100 valence electrons. The Morgan fingerprint density at radius 1 is 1.39 bits per heavy atom. The second-order valence-electron chi connectivity index (χ2n) is 4.21. The van der Waals surface area contributed by atoms with Crippen molar-refractivity contribution < 1.29 is 13.3 Å². The Balaban J connectivity index is 2.43. The number of nitrogens with zero attached hydrogens (tertiary/aromatic N) is 1. The molecule has 1 aromatic rings. The van der Waals surface area contributed by atoms with Crippen LogP contribution in [-0.2, 0) is 14.9 Å². The van der Waals surface area contributed by atoms with Gasteiger partial charge in [0.25, 0.3) is 10.0 Å². The monoisotopic (exact) mass is 334 g/mol. The van der Waals surface area contributed by atoms with E-state index in [2.05, 4.69) is 15.9 Å². The largest absolute Gasteiger partial charge is 0.398 e. The van der Waals surface area contributed by atoms with E-state index < -0.39 is 10.0 Å². The van der Waals surface area contributed by atoms with Gasteiger partial charge in [-0.25, -0.2) is 8.42 Å². The molecule has 0 spiro atoms. The summed E-state index contributed by atoms with van der Waals surface area (Å²) >= 11 is 3.28. The molecule has 2 N–H and O–H groups in total. The van der Waals surface area contributed by atoms with Gasteiger partial charge in [-0.05, 0) is 53.4 Å². The van der Waals surface area contributed by atoms with Crippen LogP contribution in [0.1, 0.15) is 18.4 Å². The molecule has 5 nitrogen and oxygen atoms in total. The van der Waals surface area contributed by atoms with Gasteiger partial charge in [-0.15, -0.1) is 0 Å². The smallest absolute Gasteiger partial charge is 0.265 e. The van der Waals surface area contributed by atoms with Crippen molar-refractivity contribution in [3.8, 4) is 0 Å². The lowest BCUT2D eigenvalue weighted by molar-refractivity contribution is -0.108. The summed E-state index contributed by atoms with van der Waals surface area (Å²) in [4.78, 5) is 5.41. The summed E-state index contributed by atoms with van der Waals surface area (Å²) in [5.74, 6) is 0.